The van der Waals surface area contributed by atoms with Crippen LogP contribution in [0.3, 0.4) is 0 Å². The van der Waals surface area contributed by atoms with Crippen molar-refractivity contribution in [2.24, 2.45) is 5.92 Å². The molecule has 1 saturated heterocycles. The van der Waals surface area contributed by atoms with Crippen molar-refractivity contribution in [2.45, 2.75) is 12.8 Å². The van der Waals surface area contributed by atoms with Crippen molar-refractivity contribution in [3.63, 3.8) is 0 Å². The van der Waals surface area contributed by atoms with Gasteiger partial charge in [0.05, 0.1) is 24.3 Å². The van der Waals surface area contributed by atoms with E-state index in [0.29, 0.717) is 25.1 Å². The van der Waals surface area contributed by atoms with E-state index in [1.165, 1.54) is 36.5 Å². The molecular weight excluding hydrogens is 355 g/mol. The summed E-state index contributed by atoms with van der Waals surface area (Å²) in [6, 6.07) is 5.89. The van der Waals surface area contributed by atoms with Crippen LogP contribution >= 0.6 is 0 Å². The zero-order valence-corrected chi connectivity index (χ0v) is 14.7. The number of carboxylic acid groups (broad SMARTS) is 1. The third-order valence-corrected chi connectivity index (χ3v) is 4.43. The maximum Gasteiger partial charge on any atom is 0.407 e. The number of halogens is 1. The number of aromatic nitrogens is 2. The fourth-order valence-corrected chi connectivity index (χ4v) is 3.08. The molecule has 9 heteroatoms. The Labute approximate surface area is 155 Å². The number of anilines is 1. The molecule has 1 fully saturated rings. The Kier molecular flexibility index (Phi) is 5.49. The summed E-state index contributed by atoms with van der Waals surface area (Å²) in [5.74, 6) is -0.768. The summed E-state index contributed by atoms with van der Waals surface area (Å²) in [5.41, 5.74) is 0.443. The minimum absolute atomic E-state index is 0.139. The maximum absolute atomic E-state index is 14.2. The number of nitrogens with zero attached hydrogens (tertiary/aromatic N) is 3. The van der Waals surface area contributed by atoms with Crippen molar-refractivity contribution in [2.75, 3.05) is 25.5 Å². The van der Waals surface area contributed by atoms with E-state index in [1.807, 2.05) is 0 Å². The number of carbonyl (C=O) groups is 2. The molecule has 0 spiro atoms. The van der Waals surface area contributed by atoms with Crippen molar-refractivity contribution in [1.82, 2.24) is 14.9 Å². The van der Waals surface area contributed by atoms with Crippen LogP contribution in [0, 0.1) is 11.7 Å². The molecule has 0 saturated carbocycles. The quantitative estimate of drug-likeness (QED) is 0.852. The van der Waals surface area contributed by atoms with E-state index in [1.54, 1.807) is 6.07 Å². The number of carbonyl (C=O) groups excluding carboxylic acids is 1. The van der Waals surface area contributed by atoms with Gasteiger partial charge < -0.3 is 20.1 Å². The number of nitrogens with one attached hydrogen (secondary N) is 1. The van der Waals surface area contributed by atoms with Crippen LogP contribution in [-0.2, 0) is 4.79 Å². The fourth-order valence-electron chi connectivity index (χ4n) is 3.08. The summed E-state index contributed by atoms with van der Waals surface area (Å²) >= 11 is 0. The van der Waals surface area contributed by atoms with Crippen LogP contribution in [0.5, 0.6) is 5.75 Å². The van der Waals surface area contributed by atoms with Gasteiger partial charge in [-0.1, -0.05) is 6.07 Å². The van der Waals surface area contributed by atoms with Crippen LogP contribution < -0.4 is 10.1 Å². The monoisotopic (exact) mass is 374 g/mol. The average molecular weight is 374 g/mol. The largest absolute Gasteiger partial charge is 0.496 e. The lowest BCUT2D eigenvalue weighted by Gasteiger charge is -2.29. The van der Waals surface area contributed by atoms with Gasteiger partial charge in [-0.2, -0.15) is 0 Å². The van der Waals surface area contributed by atoms with Crippen molar-refractivity contribution >= 4 is 17.8 Å². The van der Waals surface area contributed by atoms with Gasteiger partial charge in [-0.3, -0.25) is 4.79 Å². The lowest BCUT2D eigenvalue weighted by molar-refractivity contribution is -0.121. The summed E-state index contributed by atoms with van der Waals surface area (Å²) in [7, 11) is 1.43. The number of benzene rings is 1. The summed E-state index contributed by atoms with van der Waals surface area (Å²) in [5, 5.41) is 11.8. The van der Waals surface area contributed by atoms with Gasteiger partial charge >= 0.3 is 6.09 Å². The lowest BCUT2D eigenvalue weighted by atomic mass is 9.97. The van der Waals surface area contributed by atoms with Crippen LogP contribution in [0.15, 0.2) is 30.6 Å². The molecule has 2 aromatic rings. The molecule has 2 amide bonds. The molecule has 1 atom stereocenters. The van der Waals surface area contributed by atoms with Crippen LogP contribution in [0.2, 0.25) is 0 Å². The number of methoxy groups -OCH3 is 1. The molecule has 1 aliphatic rings. The van der Waals surface area contributed by atoms with Gasteiger partial charge in [0.1, 0.15) is 23.7 Å². The number of hydrogen-bond acceptors (Lipinski definition) is 5. The highest BCUT2D eigenvalue weighted by molar-refractivity contribution is 5.92. The third-order valence-electron chi connectivity index (χ3n) is 4.43. The number of likely N-dealkylation sites (tertiary alicyclic amines) is 1. The van der Waals surface area contributed by atoms with E-state index >= 15 is 0 Å². The van der Waals surface area contributed by atoms with Gasteiger partial charge in [0.25, 0.3) is 0 Å². The van der Waals surface area contributed by atoms with Crippen molar-refractivity contribution in [1.29, 1.82) is 0 Å². The van der Waals surface area contributed by atoms with E-state index in [2.05, 4.69) is 15.3 Å². The van der Waals surface area contributed by atoms with E-state index in [4.69, 9.17) is 9.84 Å². The topological polar surface area (TPSA) is 105 Å². The first kappa shape index (κ1) is 18.6. The molecule has 0 radical (unpaired) electrons. The summed E-state index contributed by atoms with van der Waals surface area (Å²) in [4.78, 5) is 32.9. The van der Waals surface area contributed by atoms with Crippen molar-refractivity contribution in [3.8, 4) is 17.0 Å². The van der Waals surface area contributed by atoms with Gasteiger partial charge in [-0.15, -0.1) is 0 Å². The van der Waals surface area contributed by atoms with E-state index in [0.717, 1.165) is 0 Å². The molecule has 2 heterocycles. The Balaban J connectivity index is 1.79. The van der Waals surface area contributed by atoms with Crippen molar-refractivity contribution < 1.29 is 23.8 Å². The highest BCUT2D eigenvalue weighted by Gasteiger charge is 2.28. The normalized spacial score (nSPS) is 16.7. The van der Waals surface area contributed by atoms with Gasteiger partial charge in [0.15, 0.2) is 0 Å². The average Bonchev–Trinajstić information content (AvgIpc) is 2.68. The molecule has 3 rings (SSSR count). The minimum Gasteiger partial charge on any atom is -0.496 e. The summed E-state index contributed by atoms with van der Waals surface area (Å²) in [6.07, 6.45) is 1.39. The van der Waals surface area contributed by atoms with Crippen molar-refractivity contribution in [3.05, 3.63) is 36.4 Å². The number of hydrogen-bond donors (Lipinski definition) is 2. The second kappa shape index (κ2) is 7.98. The Morgan fingerprint density at radius 3 is 2.93 bits per heavy atom. The van der Waals surface area contributed by atoms with Crippen LogP contribution in [0.25, 0.3) is 11.3 Å². The standard InChI is InChI=1S/C18H19FN4O4/c1-27-14-6-2-5-12(19)16(14)13-8-15(21-10-20-13)22-17(24)11-4-3-7-23(9-11)18(25)26/h2,5-6,8,10-11H,3-4,7,9H2,1H3,(H,25,26)(H,20,21,22,24). The molecule has 27 heavy (non-hydrogen) atoms. The molecule has 2 N–H and O–H groups in total. The summed E-state index contributed by atoms with van der Waals surface area (Å²) < 4.78 is 19.4. The SMILES string of the molecule is COc1cccc(F)c1-c1cc(NC(=O)C2CCCN(C(=O)O)C2)ncn1. The Bertz CT molecular complexity index is 861. The highest BCUT2D eigenvalue weighted by atomic mass is 19.1. The second-order valence-electron chi connectivity index (χ2n) is 6.16. The van der Waals surface area contributed by atoms with Crippen LogP contribution in [0.4, 0.5) is 15.0 Å². The molecule has 1 unspecified atom stereocenters. The number of ether oxygens (including phenoxy) is 1. The molecule has 8 nitrogen and oxygen atoms in total. The summed E-state index contributed by atoms with van der Waals surface area (Å²) in [6.45, 7) is 0.560. The van der Waals surface area contributed by atoms with Crippen LogP contribution in [0.1, 0.15) is 12.8 Å². The number of amides is 2. The number of piperidine rings is 1. The Morgan fingerprint density at radius 1 is 1.37 bits per heavy atom. The van der Waals surface area contributed by atoms with Crippen LogP contribution in [-0.4, -0.2) is 52.2 Å². The van der Waals surface area contributed by atoms with Gasteiger partial charge in [0, 0.05) is 19.2 Å². The Hall–Kier alpha value is -3.23. The maximum atomic E-state index is 14.2. The first-order chi connectivity index (χ1) is 13.0. The third kappa shape index (κ3) is 4.13. The molecule has 1 aromatic carbocycles. The second-order valence-corrected chi connectivity index (χ2v) is 6.16. The molecule has 1 aromatic heterocycles. The van der Waals surface area contributed by atoms with E-state index in [9.17, 15) is 14.0 Å². The smallest absolute Gasteiger partial charge is 0.407 e. The number of rotatable bonds is 4. The van der Waals surface area contributed by atoms with Gasteiger partial charge in [0.2, 0.25) is 5.91 Å². The van der Waals surface area contributed by atoms with Gasteiger partial charge in [-0.05, 0) is 25.0 Å². The van der Waals surface area contributed by atoms with E-state index in [-0.39, 0.29) is 29.5 Å². The van der Waals surface area contributed by atoms with E-state index < -0.39 is 17.8 Å². The molecule has 0 bridgehead atoms. The predicted molar refractivity (Wildman–Crippen MR) is 94.9 cm³/mol. The lowest BCUT2D eigenvalue weighted by Crippen LogP contribution is -2.43. The molecule has 142 valence electrons. The van der Waals surface area contributed by atoms with Gasteiger partial charge in [-0.25, -0.2) is 19.2 Å². The minimum atomic E-state index is -1.04. The Morgan fingerprint density at radius 2 is 2.19 bits per heavy atom. The first-order valence-electron chi connectivity index (χ1n) is 8.43. The molecule has 0 aliphatic carbocycles. The zero-order valence-electron chi connectivity index (χ0n) is 14.7. The predicted octanol–water partition coefficient (Wildman–Crippen LogP) is 2.62. The fraction of sp³-hybridized carbons (Fsp3) is 0.333. The molecule has 1 aliphatic heterocycles. The molecular formula is C18H19FN4O4. The highest BCUT2D eigenvalue weighted by Crippen LogP contribution is 2.31. The first-order valence-corrected chi connectivity index (χ1v) is 8.43. The zero-order chi connectivity index (χ0) is 19.4.